The second-order valence-electron chi connectivity index (χ2n) is 8.09. The van der Waals surface area contributed by atoms with Gasteiger partial charge in [0.1, 0.15) is 0 Å². The Hall–Kier alpha value is -2.87. The van der Waals surface area contributed by atoms with Crippen LogP contribution in [0.1, 0.15) is 38.2 Å². The van der Waals surface area contributed by atoms with Gasteiger partial charge in [0, 0.05) is 37.9 Å². The van der Waals surface area contributed by atoms with Crippen LogP contribution in [0.15, 0.2) is 30.3 Å². The van der Waals surface area contributed by atoms with Crippen LogP contribution in [0.5, 0.6) is 0 Å². The standard InChI is InChI=1S/C23H31N3O6S/c1-4-5-8-17-32-22(28)24-20-10-7-6-9-19(20)18-11-14-26(15-12-18)16-13-23(2,21(27)25-29)33(3,30)31/h1,6-7,9-11,29H,5,8,12-17H2,2-3H3,(H,24,28)(H,25,27). The van der Waals surface area contributed by atoms with Gasteiger partial charge in [0.15, 0.2) is 14.6 Å². The monoisotopic (exact) mass is 477 g/mol. The molecule has 1 aliphatic rings. The van der Waals surface area contributed by atoms with Crippen molar-refractivity contribution in [2.24, 2.45) is 0 Å². The molecule has 1 heterocycles. The molecular formula is C23H31N3O6S. The largest absolute Gasteiger partial charge is 0.449 e. The van der Waals surface area contributed by atoms with Gasteiger partial charge in [-0.15, -0.1) is 12.3 Å². The number of sulfone groups is 1. The quantitative estimate of drug-likeness (QED) is 0.205. The number of ether oxygens (including phenoxy) is 1. The summed E-state index contributed by atoms with van der Waals surface area (Å²) in [6.45, 7) is 3.13. The first-order valence-electron chi connectivity index (χ1n) is 10.6. The third-order valence-electron chi connectivity index (χ3n) is 5.81. The lowest BCUT2D eigenvalue weighted by atomic mass is 9.97. The van der Waals surface area contributed by atoms with Gasteiger partial charge < -0.3 is 4.74 Å². The Balaban J connectivity index is 2.02. The fourth-order valence-electron chi connectivity index (χ4n) is 3.47. The zero-order valence-corrected chi connectivity index (χ0v) is 19.8. The molecule has 0 aliphatic carbocycles. The van der Waals surface area contributed by atoms with Gasteiger partial charge in [0.05, 0.1) is 12.3 Å². The molecule has 1 atom stereocenters. The second-order valence-corrected chi connectivity index (χ2v) is 10.5. The number of unbranched alkanes of at least 4 members (excludes halogenated alkanes) is 1. The first-order valence-corrected chi connectivity index (χ1v) is 12.5. The number of amides is 2. The van der Waals surface area contributed by atoms with E-state index in [1.807, 2.05) is 29.2 Å². The average molecular weight is 478 g/mol. The van der Waals surface area contributed by atoms with Crippen molar-refractivity contribution in [2.75, 3.05) is 37.8 Å². The molecule has 10 heteroatoms. The number of anilines is 1. The van der Waals surface area contributed by atoms with Crippen molar-refractivity contribution in [3.63, 3.8) is 0 Å². The minimum atomic E-state index is -3.73. The van der Waals surface area contributed by atoms with Crippen LogP contribution in [0.2, 0.25) is 0 Å². The highest BCUT2D eigenvalue weighted by molar-refractivity contribution is 7.92. The van der Waals surface area contributed by atoms with E-state index in [9.17, 15) is 18.0 Å². The number of nitrogens with zero attached hydrogens (tertiary/aromatic N) is 1. The zero-order chi connectivity index (χ0) is 24.5. The highest BCUT2D eigenvalue weighted by Gasteiger charge is 2.43. The van der Waals surface area contributed by atoms with Crippen LogP contribution >= 0.6 is 0 Å². The van der Waals surface area contributed by atoms with Crippen molar-refractivity contribution in [3.05, 3.63) is 35.9 Å². The number of terminal acetylenes is 1. The normalized spacial score (nSPS) is 16.1. The van der Waals surface area contributed by atoms with E-state index >= 15 is 0 Å². The third kappa shape index (κ3) is 7.05. The fraction of sp³-hybridized carbons (Fsp3) is 0.478. The zero-order valence-electron chi connectivity index (χ0n) is 19.0. The summed E-state index contributed by atoms with van der Waals surface area (Å²) in [5.74, 6) is 1.56. The number of hydrogen-bond acceptors (Lipinski definition) is 7. The smallest absolute Gasteiger partial charge is 0.411 e. The highest BCUT2D eigenvalue weighted by atomic mass is 32.2. The van der Waals surface area contributed by atoms with Gasteiger partial charge in [-0.25, -0.2) is 18.7 Å². The summed E-state index contributed by atoms with van der Waals surface area (Å²) >= 11 is 0. The summed E-state index contributed by atoms with van der Waals surface area (Å²) < 4.78 is 27.7. The van der Waals surface area contributed by atoms with Crippen LogP contribution < -0.4 is 10.8 Å². The number of nitrogens with one attached hydrogen (secondary N) is 2. The number of hydroxylamine groups is 1. The second kappa shape index (κ2) is 11.8. The molecule has 180 valence electrons. The predicted molar refractivity (Wildman–Crippen MR) is 126 cm³/mol. The molecule has 1 aromatic carbocycles. The number of rotatable bonds is 10. The maximum Gasteiger partial charge on any atom is 0.411 e. The van der Waals surface area contributed by atoms with E-state index < -0.39 is 26.6 Å². The summed E-state index contributed by atoms with van der Waals surface area (Å²) in [7, 11) is -3.73. The molecule has 2 amide bonds. The van der Waals surface area contributed by atoms with E-state index in [1.165, 1.54) is 12.4 Å². The molecule has 0 radical (unpaired) electrons. The van der Waals surface area contributed by atoms with Crippen LogP contribution in [0.25, 0.3) is 5.57 Å². The summed E-state index contributed by atoms with van der Waals surface area (Å²) in [6, 6.07) is 7.43. The van der Waals surface area contributed by atoms with Crippen molar-refractivity contribution in [2.45, 2.75) is 37.4 Å². The molecule has 9 nitrogen and oxygen atoms in total. The Kier molecular flexibility index (Phi) is 9.46. The van der Waals surface area contributed by atoms with Crippen molar-refractivity contribution >= 4 is 33.1 Å². The van der Waals surface area contributed by atoms with Gasteiger partial charge in [-0.3, -0.25) is 20.2 Å². The number of para-hydroxylation sites is 1. The third-order valence-corrected chi connectivity index (χ3v) is 7.83. The summed E-state index contributed by atoms with van der Waals surface area (Å²) in [6.07, 6.45) is 9.52. The Bertz CT molecular complexity index is 1030. The Morgan fingerprint density at radius 1 is 1.33 bits per heavy atom. The van der Waals surface area contributed by atoms with Gasteiger partial charge in [-0.05, 0) is 37.8 Å². The van der Waals surface area contributed by atoms with Gasteiger partial charge in [-0.2, -0.15) is 0 Å². The summed E-state index contributed by atoms with van der Waals surface area (Å²) in [4.78, 5) is 26.1. The van der Waals surface area contributed by atoms with Gasteiger partial charge >= 0.3 is 6.09 Å². The minimum Gasteiger partial charge on any atom is -0.449 e. The van der Waals surface area contributed by atoms with Crippen LogP contribution in [0.4, 0.5) is 10.5 Å². The lowest BCUT2D eigenvalue weighted by molar-refractivity contribution is -0.131. The van der Waals surface area contributed by atoms with Crippen molar-refractivity contribution < 1.29 is 28.0 Å². The van der Waals surface area contributed by atoms with Gasteiger partial charge in [-0.1, -0.05) is 24.3 Å². The topological polar surface area (TPSA) is 125 Å². The van der Waals surface area contributed by atoms with Gasteiger partial charge in [0.2, 0.25) is 0 Å². The summed E-state index contributed by atoms with van der Waals surface area (Å²) in [5, 5.41) is 11.7. The van der Waals surface area contributed by atoms with Crippen molar-refractivity contribution in [1.29, 1.82) is 0 Å². The molecule has 1 aromatic rings. The Morgan fingerprint density at radius 3 is 2.67 bits per heavy atom. The van der Waals surface area contributed by atoms with E-state index in [4.69, 9.17) is 16.4 Å². The molecule has 0 aromatic heterocycles. The maximum absolute atomic E-state index is 12.1. The number of carbonyl (C=O) groups excluding carboxylic acids is 2. The molecule has 0 spiro atoms. The molecule has 0 saturated carbocycles. The molecule has 0 fully saturated rings. The van der Waals surface area contributed by atoms with Crippen LogP contribution in [0.3, 0.4) is 0 Å². The lowest BCUT2D eigenvalue weighted by Crippen LogP contribution is -2.51. The number of carbonyl (C=O) groups is 2. The molecule has 1 aliphatic heterocycles. The Labute approximate surface area is 195 Å². The van der Waals surface area contributed by atoms with E-state index in [2.05, 4.69) is 11.2 Å². The van der Waals surface area contributed by atoms with E-state index in [-0.39, 0.29) is 13.0 Å². The minimum absolute atomic E-state index is 0.0467. The van der Waals surface area contributed by atoms with Crippen molar-refractivity contribution in [3.8, 4) is 12.3 Å². The molecule has 3 N–H and O–H groups in total. The molecule has 0 saturated heterocycles. The van der Waals surface area contributed by atoms with E-state index in [0.29, 0.717) is 44.6 Å². The average Bonchev–Trinajstić information content (AvgIpc) is 2.79. The van der Waals surface area contributed by atoms with Crippen molar-refractivity contribution in [1.82, 2.24) is 10.4 Å². The molecular weight excluding hydrogens is 446 g/mol. The number of benzene rings is 1. The predicted octanol–water partition coefficient (Wildman–Crippen LogP) is 2.44. The first-order chi connectivity index (χ1) is 15.6. The molecule has 33 heavy (non-hydrogen) atoms. The fourth-order valence-corrected chi connectivity index (χ4v) is 4.32. The lowest BCUT2D eigenvalue weighted by Gasteiger charge is -2.31. The van der Waals surface area contributed by atoms with Crippen LogP contribution in [-0.4, -0.2) is 67.8 Å². The molecule has 2 rings (SSSR count). The van der Waals surface area contributed by atoms with Crippen LogP contribution in [0, 0.1) is 12.3 Å². The van der Waals surface area contributed by atoms with Gasteiger partial charge in [0.25, 0.3) is 5.91 Å². The first kappa shape index (κ1) is 26.4. The maximum atomic E-state index is 12.1. The summed E-state index contributed by atoms with van der Waals surface area (Å²) in [5.41, 5.74) is 4.05. The SMILES string of the molecule is C#CCCCOC(=O)Nc1ccccc1C1=CCN(CCC(C)(C(=O)NO)S(C)(=O)=O)CC1. The highest BCUT2D eigenvalue weighted by Crippen LogP contribution is 2.29. The van der Waals surface area contributed by atoms with E-state index in [1.54, 1.807) is 6.07 Å². The molecule has 0 bridgehead atoms. The number of hydrogen-bond donors (Lipinski definition) is 3. The molecule has 1 unspecified atom stereocenters. The Morgan fingerprint density at radius 2 is 2.06 bits per heavy atom. The van der Waals surface area contributed by atoms with Crippen LogP contribution in [-0.2, 0) is 19.4 Å². The van der Waals surface area contributed by atoms with E-state index in [0.717, 1.165) is 17.4 Å².